The Hall–Kier alpha value is -2.98. The Morgan fingerprint density at radius 1 is 0.792 bits per heavy atom. The minimum atomic E-state index is -0.353. The SMILES string of the molecule is O=C1NC(=O)c2ccccc2C1=Cc1cc(-c2ccccc2)cs1. The highest BCUT2D eigenvalue weighted by molar-refractivity contribution is 7.11. The summed E-state index contributed by atoms with van der Waals surface area (Å²) in [6.45, 7) is 0. The molecule has 4 rings (SSSR count). The molecule has 0 bridgehead atoms. The number of thiophene rings is 1. The zero-order valence-electron chi connectivity index (χ0n) is 12.7. The number of imide groups is 1. The molecule has 1 N–H and O–H groups in total. The quantitative estimate of drug-likeness (QED) is 0.564. The smallest absolute Gasteiger partial charge is 0.258 e. The molecule has 4 heteroatoms. The van der Waals surface area contributed by atoms with Crippen molar-refractivity contribution in [2.75, 3.05) is 0 Å². The van der Waals surface area contributed by atoms with Crippen LogP contribution in [0.15, 0.2) is 66.0 Å². The third-order valence-corrected chi connectivity index (χ3v) is 4.83. The summed E-state index contributed by atoms with van der Waals surface area (Å²) in [5, 5.41) is 4.47. The lowest BCUT2D eigenvalue weighted by atomic mass is 9.94. The highest BCUT2D eigenvalue weighted by atomic mass is 32.1. The topological polar surface area (TPSA) is 46.2 Å². The lowest BCUT2D eigenvalue weighted by molar-refractivity contribution is -0.114. The first-order chi connectivity index (χ1) is 11.7. The zero-order valence-corrected chi connectivity index (χ0v) is 13.5. The van der Waals surface area contributed by atoms with Gasteiger partial charge in [-0.15, -0.1) is 11.3 Å². The predicted molar refractivity (Wildman–Crippen MR) is 96.5 cm³/mol. The molecule has 1 aliphatic rings. The Morgan fingerprint density at radius 2 is 1.50 bits per heavy atom. The molecule has 2 amide bonds. The third kappa shape index (κ3) is 2.57. The number of fused-ring (bicyclic) bond motifs is 1. The van der Waals surface area contributed by atoms with Gasteiger partial charge in [-0.05, 0) is 40.3 Å². The largest absolute Gasteiger partial charge is 0.288 e. The van der Waals surface area contributed by atoms with Crippen LogP contribution < -0.4 is 5.32 Å². The molecule has 0 fully saturated rings. The normalized spacial score (nSPS) is 15.2. The second kappa shape index (κ2) is 5.91. The maximum Gasteiger partial charge on any atom is 0.258 e. The number of nitrogens with one attached hydrogen (secondary N) is 1. The maximum absolute atomic E-state index is 12.3. The van der Waals surface area contributed by atoms with Crippen LogP contribution in [0.2, 0.25) is 0 Å². The molecule has 0 spiro atoms. The first-order valence-corrected chi connectivity index (χ1v) is 8.41. The maximum atomic E-state index is 12.3. The molecule has 3 nitrogen and oxygen atoms in total. The van der Waals surface area contributed by atoms with Crippen molar-refractivity contribution in [3.63, 3.8) is 0 Å². The number of hydrogen-bond donors (Lipinski definition) is 1. The van der Waals surface area contributed by atoms with Crippen molar-refractivity contribution >= 4 is 34.8 Å². The Kier molecular flexibility index (Phi) is 3.59. The Bertz CT molecular complexity index is 970. The van der Waals surface area contributed by atoms with Gasteiger partial charge in [0.05, 0.1) is 0 Å². The van der Waals surface area contributed by atoms with Gasteiger partial charge >= 0.3 is 0 Å². The van der Waals surface area contributed by atoms with Gasteiger partial charge in [0.1, 0.15) is 0 Å². The molecule has 0 atom stereocenters. The molecular formula is C20H13NO2S. The minimum Gasteiger partial charge on any atom is -0.288 e. The van der Waals surface area contributed by atoms with Crippen LogP contribution >= 0.6 is 11.3 Å². The van der Waals surface area contributed by atoms with Crippen molar-refractivity contribution in [2.24, 2.45) is 0 Å². The van der Waals surface area contributed by atoms with Crippen LogP contribution in [0.5, 0.6) is 0 Å². The van der Waals surface area contributed by atoms with E-state index in [9.17, 15) is 9.59 Å². The summed E-state index contributed by atoms with van der Waals surface area (Å²) in [6, 6.07) is 19.3. The van der Waals surface area contributed by atoms with Crippen molar-refractivity contribution in [3.8, 4) is 11.1 Å². The van der Waals surface area contributed by atoms with E-state index in [0.29, 0.717) is 16.7 Å². The fraction of sp³-hybridized carbons (Fsp3) is 0. The summed E-state index contributed by atoms with van der Waals surface area (Å²) >= 11 is 1.57. The molecule has 0 unspecified atom stereocenters. The van der Waals surface area contributed by atoms with Gasteiger partial charge in [0.15, 0.2) is 0 Å². The van der Waals surface area contributed by atoms with Crippen molar-refractivity contribution in [3.05, 3.63) is 82.0 Å². The highest BCUT2D eigenvalue weighted by Gasteiger charge is 2.26. The van der Waals surface area contributed by atoms with Crippen molar-refractivity contribution in [1.29, 1.82) is 0 Å². The minimum absolute atomic E-state index is 0.344. The Balaban J connectivity index is 1.76. The third-order valence-electron chi connectivity index (χ3n) is 3.95. The first kappa shape index (κ1) is 14.6. The molecule has 116 valence electrons. The van der Waals surface area contributed by atoms with Crippen LogP contribution in [0, 0.1) is 0 Å². The van der Waals surface area contributed by atoms with Gasteiger partial charge in [0.2, 0.25) is 0 Å². The molecule has 0 aliphatic carbocycles. The van der Waals surface area contributed by atoms with Crippen LogP contribution in [0.3, 0.4) is 0 Å². The molecule has 3 aromatic rings. The second-order valence-electron chi connectivity index (χ2n) is 5.49. The molecule has 0 radical (unpaired) electrons. The van der Waals surface area contributed by atoms with Crippen molar-refractivity contribution < 1.29 is 9.59 Å². The number of amides is 2. The van der Waals surface area contributed by atoms with E-state index in [1.807, 2.05) is 36.4 Å². The molecule has 0 saturated heterocycles. The lowest BCUT2D eigenvalue weighted by Crippen LogP contribution is -2.36. The fourth-order valence-electron chi connectivity index (χ4n) is 2.77. The Morgan fingerprint density at radius 3 is 2.29 bits per heavy atom. The average Bonchev–Trinajstić information content (AvgIpc) is 3.08. The van der Waals surface area contributed by atoms with Gasteiger partial charge in [-0.1, -0.05) is 48.5 Å². The molecule has 0 saturated carbocycles. The van der Waals surface area contributed by atoms with Gasteiger partial charge in [-0.2, -0.15) is 0 Å². The van der Waals surface area contributed by atoms with E-state index in [2.05, 4.69) is 28.9 Å². The summed E-state index contributed by atoms with van der Waals surface area (Å²) in [5.41, 5.74) is 3.99. The standard InChI is InChI=1S/C20H13NO2S/c22-19-17-9-5-4-8-16(17)18(20(23)21-19)11-15-10-14(12-24-15)13-6-2-1-3-7-13/h1-12H,(H,21,22,23). The van der Waals surface area contributed by atoms with Gasteiger partial charge in [0, 0.05) is 16.0 Å². The number of carbonyl (C=O) groups is 2. The number of rotatable bonds is 2. The van der Waals surface area contributed by atoms with E-state index in [4.69, 9.17) is 0 Å². The molecule has 1 aliphatic heterocycles. The molecule has 2 aromatic carbocycles. The van der Waals surface area contributed by atoms with Crippen LogP contribution in [-0.4, -0.2) is 11.8 Å². The van der Waals surface area contributed by atoms with Crippen LogP contribution in [0.4, 0.5) is 0 Å². The molecule has 24 heavy (non-hydrogen) atoms. The van der Waals surface area contributed by atoms with Gasteiger partial charge in [-0.25, -0.2) is 0 Å². The number of carbonyl (C=O) groups excluding carboxylic acids is 2. The second-order valence-corrected chi connectivity index (χ2v) is 6.43. The highest BCUT2D eigenvalue weighted by Crippen LogP contribution is 2.30. The summed E-state index contributed by atoms with van der Waals surface area (Å²) in [5.74, 6) is -0.697. The van der Waals surface area contributed by atoms with E-state index >= 15 is 0 Å². The fourth-order valence-corrected chi connectivity index (χ4v) is 3.62. The zero-order chi connectivity index (χ0) is 16.5. The summed E-state index contributed by atoms with van der Waals surface area (Å²) < 4.78 is 0. The van der Waals surface area contributed by atoms with Crippen LogP contribution in [-0.2, 0) is 4.79 Å². The number of hydrogen-bond acceptors (Lipinski definition) is 3. The predicted octanol–water partition coefficient (Wildman–Crippen LogP) is 4.23. The van der Waals surface area contributed by atoms with Gasteiger partial charge < -0.3 is 0 Å². The van der Waals surface area contributed by atoms with E-state index in [1.165, 1.54) is 0 Å². The summed E-state index contributed by atoms with van der Waals surface area (Å²) in [7, 11) is 0. The molecule has 2 heterocycles. The van der Waals surface area contributed by atoms with E-state index in [0.717, 1.165) is 16.0 Å². The first-order valence-electron chi connectivity index (χ1n) is 7.53. The Labute approximate surface area is 143 Å². The van der Waals surface area contributed by atoms with E-state index in [1.54, 1.807) is 23.5 Å². The molecular weight excluding hydrogens is 318 g/mol. The van der Waals surface area contributed by atoms with Crippen LogP contribution in [0.1, 0.15) is 20.8 Å². The van der Waals surface area contributed by atoms with Gasteiger partial charge in [0.25, 0.3) is 11.8 Å². The van der Waals surface area contributed by atoms with Crippen LogP contribution in [0.25, 0.3) is 22.8 Å². The summed E-state index contributed by atoms with van der Waals surface area (Å²) in [4.78, 5) is 25.2. The van der Waals surface area contributed by atoms with E-state index in [-0.39, 0.29) is 11.8 Å². The number of benzene rings is 2. The van der Waals surface area contributed by atoms with Crippen molar-refractivity contribution in [2.45, 2.75) is 0 Å². The lowest BCUT2D eigenvalue weighted by Gasteiger charge is -2.17. The van der Waals surface area contributed by atoms with Gasteiger partial charge in [-0.3, -0.25) is 14.9 Å². The molecule has 1 aromatic heterocycles. The monoisotopic (exact) mass is 331 g/mol. The summed E-state index contributed by atoms with van der Waals surface area (Å²) in [6.07, 6.45) is 1.84. The van der Waals surface area contributed by atoms with Crippen molar-refractivity contribution in [1.82, 2.24) is 5.32 Å². The average molecular weight is 331 g/mol. The van der Waals surface area contributed by atoms with E-state index < -0.39 is 0 Å².